The van der Waals surface area contributed by atoms with E-state index in [9.17, 15) is 4.79 Å². The lowest BCUT2D eigenvalue weighted by Crippen LogP contribution is -2.07. The molecule has 0 bridgehead atoms. The fourth-order valence-electron chi connectivity index (χ4n) is 0.843. The van der Waals surface area contributed by atoms with Crippen LogP contribution in [0.2, 0.25) is 0 Å². The van der Waals surface area contributed by atoms with E-state index in [-0.39, 0.29) is 5.92 Å². The summed E-state index contributed by atoms with van der Waals surface area (Å²) in [6.07, 6.45) is 5.61. The SMILES string of the molecule is CCC(=O)C(C)C/C=C/CBr. The number of carbonyl (C=O) groups excluding carboxylic acids is 1. The minimum absolute atomic E-state index is 0.190. The van der Waals surface area contributed by atoms with Crippen LogP contribution in [0.5, 0.6) is 0 Å². The van der Waals surface area contributed by atoms with Gasteiger partial charge in [-0.2, -0.15) is 0 Å². The fraction of sp³-hybridized carbons (Fsp3) is 0.667. The van der Waals surface area contributed by atoms with Gasteiger partial charge < -0.3 is 0 Å². The number of hydrogen-bond acceptors (Lipinski definition) is 1. The Morgan fingerprint density at radius 1 is 1.55 bits per heavy atom. The summed E-state index contributed by atoms with van der Waals surface area (Å²) in [5, 5.41) is 0.875. The van der Waals surface area contributed by atoms with Crippen molar-refractivity contribution in [2.75, 3.05) is 5.33 Å². The molecule has 0 aromatic heterocycles. The first-order chi connectivity index (χ1) is 5.22. The molecule has 1 unspecified atom stereocenters. The number of halogens is 1. The van der Waals surface area contributed by atoms with Crippen LogP contribution in [0.4, 0.5) is 0 Å². The van der Waals surface area contributed by atoms with E-state index in [4.69, 9.17) is 0 Å². The van der Waals surface area contributed by atoms with Crippen LogP contribution in [0.15, 0.2) is 12.2 Å². The zero-order chi connectivity index (χ0) is 8.69. The Morgan fingerprint density at radius 2 is 2.18 bits per heavy atom. The van der Waals surface area contributed by atoms with Gasteiger partial charge in [-0.15, -0.1) is 0 Å². The normalized spacial score (nSPS) is 13.7. The number of allylic oxidation sites excluding steroid dienone is 2. The van der Waals surface area contributed by atoms with Crippen molar-refractivity contribution in [1.29, 1.82) is 0 Å². The van der Waals surface area contributed by atoms with Crippen LogP contribution in [-0.2, 0) is 4.79 Å². The molecule has 0 aromatic rings. The summed E-state index contributed by atoms with van der Waals surface area (Å²) in [6, 6.07) is 0. The van der Waals surface area contributed by atoms with Crippen molar-refractivity contribution in [3.63, 3.8) is 0 Å². The van der Waals surface area contributed by atoms with Crippen molar-refractivity contribution in [3.05, 3.63) is 12.2 Å². The maximum atomic E-state index is 11.1. The lowest BCUT2D eigenvalue weighted by atomic mass is 10.0. The molecular weight excluding hydrogens is 204 g/mol. The molecule has 64 valence electrons. The monoisotopic (exact) mass is 218 g/mol. The fourth-order valence-corrected chi connectivity index (χ4v) is 1.11. The number of Topliss-reactive ketones (excluding diaryl/α,β-unsaturated/α-hetero) is 1. The molecule has 0 amide bonds. The minimum atomic E-state index is 0.190. The third-order valence-electron chi connectivity index (χ3n) is 1.64. The Labute approximate surface area is 77.0 Å². The molecule has 2 heteroatoms. The van der Waals surface area contributed by atoms with E-state index in [2.05, 4.69) is 15.9 Å². The largest absolute Gasteiger partial charge is 0.299 e. The third kappa shape index (κ3) is 5.19. The van der Waals surface area contributed by atoms with Gasteiger partial charge in [-0.1, -0.05) is 41.9 Å². The maximum Gasteiger partial charge on any atom is 0.135 e. The van der Waals surface area contributed by atoms with E-state index in [0.29, 0.717) is 12.2 Å². The van der Waals surface area contributed by atoms with Crippen molar-refractivity contribution in [2.45, 2.75) is 26.7 Å². The van der Waals surface area contributed by atoms with Gasteiger partial charge in [0.25, 0.3) is 0 Å². The number of hydrogen-bond donors (Lipinski definition) is 0. The Morgan fingerprint density at radius 3 is 2.64 bits per heavy atom. The molecule has 0 N–H and O–H groups in total. The van der Waals surface area contributed by atoms with Crippen molar-refractivity contribution in [2.24, 2.45) is 5.92 Å². The molecule has 0 aliphatic rings. The van der Waals surface area contributed by atoms with Crippen LogP contribution in [-0.4, -0.2) is 11.1 Å². The lowest BCUT2D eigenvalue weighted by Gasteiger charge is -2.03. The van der Waals surface area contributed by atoms with E-state index in [1.807, 2.05) is 26.0 Å². The minimum Gasteiger partial charge on any atom is -0.299 e. The number of rotatable bonds is 5. The molecule has 0 fully saturated rings. The zero-order valence-electron chi connectivity index (χ0n) is 7.14. The standard InChI is InChI=1S/C9H15BrO/c1-3-9(11)8(2)6-4-5-7-10/h4-5,8H,3,6-7H2,1-2H3/b5-4+. The van der Waals surface area contributed by atoms with Crippen molar-refractivity contribution in [3.8, 4) is 0 Å². The predicted octanol–water partition coefficient (Wildman–Crippen LogP) is 2.94. The highest BCUT2D eigenvalue weighted by Gasteiger charge is 2.07. The molecule has 1 nitrogen and oxygen atoms in total. The lowest BCUT2D eigenvalue weighted by molar-refractivity contribution is -0.121. The molecular formula is C9H15BrO. The molecule has 0 aliphatic heterocycles. The number of carbonyl (C=O) groups is 1. The quantitative estimate of drug-likeness (QED) is 0.513. The maximum absolute atomic E-state index is 11.1. The summed E-state index contributed by atoms with van der Waals surface area (Å²) >= 11 is 3.28. The molecule has 0 aliphatic carbocycles. The predicted molar refractivity (Wildman–Crippen MR) is 52.0 cm³/mol. The van der Waals surface area contributed by atoms with E-state index in [1.165, 1.54) is 0 Å². The Balaban J connectivity index is 3.59. The van der Waals surface area contributed by atoms with Gasteiger partial charge in [0, 0.05) is 17.7 Å². The molecule has 0 saturated carbocycles. The van der Waals surface area contributed by atoms with Crippen LogP contribution >= 0.6 is 15.9 Å². The van der Waals surface area contributed by atoms with Gasteiger partial charge in [0.1, 0.15) is 5.78 Å². The van der Waals surface area contributed by atoms with Gasteiger partial charge >= 0.3 is 0 Å². The van der Waals surface area contributed by atoms with Crippen LogP contribution in [0.25, 0.3) is 0 Å². The topological polar surface area (TPSA) is 17.1 Å². The summed E-state index contributed by atoms with van der Waals surface area (Å²) in [4.78, 5) is 11.1. The van der Waals surface area contributed by atoms with Gasteiger partial charge in [0.15, 0.2) is 0 Å². The molecule has 0 heterocycles. The Kier molecular flexibility index (Phi) is 6.52. The first-order valence-electron chi connectivity index (χ1n) is 3.96. The molecule has 0 radical (unpaired) electrons. The van der Waals surface area contributed by atoms with Crippen LogP contribution in [0.3, 0.4) is 0 Å². The average molecular weight is 219 g/mol. The second-order valence-electron chi connectivity index (χ2n) is 2.58. The molecule has 11 heavy (non-hydrogen) atoms. The number of ketones is 1. The molecule has 0 spiro atoms. The second kappa shape index (κ2) is 6.59. The van der Waals surface area contributed by atoms with Crippen LogP contribution in [0.1, 0.15) is 26.7 Å². The summed E-state index contributed by atoms with van der Waals surface area (Å²) in [6.45, 7) is 3.89. The zero-order valence-corrected chi connectivity index (χ0v) is 8.73. The molecule has 0 rings (SSSR count). The third-order valence-corrected chi connectivity index (χ3v) is 2.02. The Bertz CT molecular complexity index is 140. The second-order valence-corrected chi connectivity index (χ2v) is 3.23. The van der Waals surface area contributed by atoms with Gasteiger partial charge in [-0.3, -0.25) is 4.79 Å². The van der Waals surface area contributed by atoms with Crippen molar-refractivity contribution < 1.29 is 4.79 Å². The summed E-state index contributed by atoms with van der Waals surface area (Å²) in [5.74, 6) is 0.541. The van der Waals surface area contributed by atoms with Crippen LogP contribution in [0, 0.1) is 5.92 Å². The highest BCUT2D eigenvalue weighted by molar-refractivity contribution is 9.09. The van der Waals surface area contributed by atoms with Crippen LogP contribution < -0.4 is 0 Å². The van der Waals surface area contributed by atoms with Gasteiger partial charge in [0.2, 0.25) is 0 Å². The van der Waals surface area contributed by atoms with E-state index >= 15 is 0 Å². The average Bonchev–Trinajstić information content (AvgIpc) is 2.03. The highest BCUT2D eigenvalue weighted by atomic mass is 79.9. The van der Waals surface area contributed by atoms with Gasteiger partial charge in [-0.25, -0.2) is 0 Å². The van der Waals surface area contributed by atoms with Gasteiger partial charge in [0.05, 0.1) is 0 Å². The molecule has 0 saturated heterocycles. The summed E-state index contributed by atoms with van der Waals surface area (Å²) in [5.41, 5.74) is 0. The first-order valence-corrected chi connectivity index (χ1v) is 5.08. The van der Waals surface area contributed by atoms with E-state index in [1.54, 1.807) is 0 Å². The van der Waals surface area contributed by atoms with Crippen molar-refractivity contribution in [1.82, 2.24) is 0 Å². The molecule has 1 atom stereocenters. The smallest absolute Gasteiger partial charge is 0.135 e. The highest BCUT2D eigenvalue weighted by Crippen LogP contribution is 2.06. The summed E-state index contributed by atoms with van der Waals surface area (Å²) in [7, 11) is 0. The first kappa shape index (κ1) is 10.9. The van der Waals surface area contributed by atoms with E-state index < -0.39 is 0 Å². The van der Waals surface area contributed by atoms with Gasteiger partial charge in [-0.05, 0) is 6.42 Å². The Hall–Kier alpha value is -0.110. The molecule has 0 aromatic carbocycles. The number of alkyl halides is 1. The summed E-state index contributed by atoms with van der Waals surface area (Å²) < 4.78 is 0. The van der Waals surface area contributed by atoms with Crippen molar-refractivity contribution >= 4 is 21.7 Å². The van der Waals surface area contributed by atoms with E-state index in [0.717, 1.165) is 11.8 Å².